The first-order valence-corrected chi connectivity index (χ1v) is 8.36. The van der Waals surface area contributed by atoms with Crippen LogP contribution < -0.4 is 20.1 Å². The monoisotopic (exact) mass is 322 g/mol. The minimum atomic E-state index is 0.489. The Morgan fingerprint density at radius 2 is 1.82 bits per heavy atom. The van der Waals surface area contributed by atoms with Crippen LogP contribution in [0.3, 0.4) is 0 Å². The van der Waals surface area contributed by atoms with Crippen LogP contribution in [0.1, 0.15) is 39.0 Å². The average molecular weight is 322 g/mol. The second-order valence-corrected chi connectivity index (χ2v) is 6.20. The van der Waals surface area contributed by atoms with E-state index in [1.54, 1.807) is 14.2 Å². The van der Waals surface area contributed by atoms with Gasteiger partial charge in [0.25, 0.3) is 0 Å². The van der Waals surface area contributed by atoms with Crippen LogP contribution in [0, 0.1) is 5.92 Å². The summed E-state index contributed by atoms with van der Waals surface area (Å²) in [5.74, 6) is 2.30. The fraction of sp³-hybridized carbons (Fsp3) is 0.588. The maximum Gasteiger partial charge on any atom is 0.170 e. The van der Waals surface area contributed by atoms with E-state index in [9.17, 15) is 0 Å². The average Bonchev–Trinajstić information content (AvgIpc) is 2.55. The van der Waals surface area contributed by atoms with Gasteiger partial charge in [0.2, 0.25) is 0 Å². The Bertz CT molecular complexity index is 499. The Morgan fingerprint density at radius 1 is 1.14 bits per heavy atom. The SMILES string of the molecule is CCC1CCC(NC(=S)Nc2ccc(OC)c(OC)c2)CC1. The number of hydrogen-bond acceptors (Lipinski definition) is 3. The van der Waals surface area contributed by atoms with Gasteiger partial charge in [-0.1, -0.05) is 13.3 Å². The van der Waals surface area contributed by atoms with E-state index in [0.29, 0.717) is 22.7 Å². The van der Waals surface area contributed by atoms with Gasteiger partial charge in [0.15, 0.2) is 16.6 Å². The van der Waals surface area contributed by atoms with Gasteiger partial charge in [-0.25, -0.2) is 0 Å². The summed E-state index contributed by atoms with van der Waals surface area (Å²) in [7, 11) is 3.26. The lowest BCUT2D eigenvalue weighted by Crippen LogP contribution is -2.39. The topological polar surface area (TPSA) is 42.5 Å². The zero-order valence-electron chi connectivity index (χ0n) is 13.6. The van der Waals surface area contributed by atoms with Crippen molar-refractivity contribution in [1.29, 1.82) is 0 Å². The summed E-state index contributed by atoms with van der Waals surface area (Å²) in [5, 5.41) is 7.32. The van der Waals surface area contributed by atoms with Crippen molar-refractivity contribution in [3.05, 3.63) is 18.2 Å². The van der Waals surface area contributed by atoms with Crippen molar-refractivity contribution in [1.82, 2.24) is 5.32 Å². The zero-order valence-corrected chi connectivity index (χ0v) is 14.5. The highest BCUT2D eigenvalue weighted by Crippen LogP contribution is 2.30. The molecule has 22 heavy (non-hydrogen) atoms. The minimum absolute atomic E-state index is 0.489. The molecular weight excluding hydrogens is 296 g/mol. The Morgan fingerprint density at radius 3 is 2.41 bits per heavy atom. The lowest BCUT2D eigenvalue weighted by molar-refractivity contribution is 0.306. The quantitative estimate of drug-likeness (QED) is 0.803. The van der Waals surface area contributed by atoms with Gasteiger partial charge >= 0.3 is 0 Å². The molecule has 0 heterocycles. The number of ether oxygens (including phenoxy) is 2. The summed E-state index contributed by atoms with van der Waals surface area (Å²) in [6.45, 7) is 2.28. The van der Waals surface area contributed by atoms with Crippen molar-refractivity contribution in [2.45, 2.75) is 45.1 Å². The van der Waals surface area contributed by atoms with E-state index in [1.807, 2.05) is 18.2 Å². The number of thiocarbonyl (C=S) groups is 1. The molecular formula is C17H26N2O2S. The van der Waals surface area contributed by atoms with Gasteiger partial charge in [-0.15, -0.1) is 0 Å². The smallest absolute Gasteiger partial charge is 0.170 e. The molecule has 0 spiro atoms. The van der Waals surface area contributed by atoms with E-state index in [4.69, 9.17) is 21.7 Å². The molecule has 0 bridgehead atoms. The van der Waals surface area contributed by atoms with Crippen LogP contribution in [0.2, 0.25) is 0 Å². The maximum atomic E-state index is 5.42. The van der Waals surface area contributed by atoms with Crippen molar-refractivity contribution >= 4 is 23.0 Å². The standard InChI is InChI=1S/C17H26N2O2S/c1-4-12-5-7-13(8-6-12)18-17(22)19-14-9-10-15(20-2)16(11-14)21-3/h9-13H,4-8H2,1-3H3,(H2,18,19,22). The lowest BCUT2D eigenvalue weighted by Gasteiger charge is -2.29. The highest BCUT2D eigenvalue weighted by atomic mass is 32.1. The molecule has 1 saturated carbocycles. The molecule has 1 aromatic rings. The van der Waals surface area contributed by atoms with Gasteiger partial charge in [0, 0.05) is 17.8 Å². The van der Waals surface area contributed by atoms with Gasteiger partial charge in [0.1, 0.15) is 0 Å². The molecule has 1 fully saturated rings. The summed E-state index contributed by atoms with van der Waals surface area (Å²) in [6, 6.07) is 6.18. The van der Waals surface area contributed by atoms with Gasteiger partial charge in [-0.3, -0.25) is 0 Å². The van der Waals surface area contributed by atoms with Crippen LogP contribution in [0.15, 0.2) is 18.2 Å². The van der Waals surface area contributed by atoms with E-state index in [2.05, 4.69) is 17.6 Å². The number of methoxy groups -OCH3 is 2. The molecule has 5 heteroatoms. The first-order chi connectivity index (χ1) is 10.7. The molecule has 2 rings (SSSR count). The van der Waals surface area contributed by atoms with Crippen LogP contribution in [0.25, 0.3) is 0 Å². The Labute approximate surface area is 138 Å². The molecule has 0 unspecified atom stereocenters. The van der Waals surface area contributed by atoms with Crippen molar-refractivity contribution in [2.75, 3.05) is 19.5 Å². The second kappa shape index (κ2) is 8.22. The third-order valence-electron chi connectivity index (χ3n) is 4.40. The van der Waals surface area contributed by atoms with E-state index >= 15 is 0 Å². The van der Waals surface area contributed by atoms with Crippen LogP contribution in [-0.4, -0.2) is 25.4 Å². The van der Waals surface area contributed by atoms with Crippen molar-refractivity contribution in [2.24, 2.45) is 5.92 Å². The first kappa shape index (κ1) is 16.9. The molecule has 1 aliphatic rings. The molecule has 0 saturated heterocycles. The predicted molar refractivity (Wildman–Crippen MR) is 94.9 cm³/mol. The second-order valence-electron chi connectivity index (χ2n) is 5.79. The van der Waals surface area contributed by atoms with Gasteiger partial charge < -0.3 is 20.1 Å². The van der Waals surface area contributed by atoms with Crippen molar-refractivity contribution in [3.8, 4) is 11.5 Å². The Balaban J connectivity index is 1.87. The lowest BCUT2D eigenvalue weighted by atomic mass is 9.85. The van der Waals surface area contributed by atoms with E-state index in [0.717, 1.165) is 11.6 Å². The Kier molecular flexibility index (Phi) is 6.31. The van der Waals surface area contributed by atoms with Gasteiger partial charge in [-0.05, 0) is 56.0 Å². The number of hydrogen-bond donors (Lipinski definition) is 2. The molecule has 2 N–H and O–H groups in total. The highest BCUT2D eigenvalue weighted by Gasteiger charge is 2.20. The molecule has 0 amide bonds. The molecule has 0 aliphatic heterocycles. The molecule has 1 aliphatic carbocycles. The van der Waals surface area contributed by atoms with E-state index in [-0.39, 0.29) is 0 Å². The zero-order chi connectivity index (χ0) is 15.9. The van der Waals surface area contributed by atoms with E-state index in [1.165, 1.54) is 32.1 Å². The summed E-state index contributed by atoms with van der Waals surface area (Å²) in [4.78, 5) is 0. The molecule has 0 aromatic heterocycles. The molecule has 1 aromatic carbocycles. The normalized spacial score (nSPS) is 21.0. The largest absolute Gasteiger partial charge is 0.493 e. The van der Waals surface area contributed by atoms with Crippen LogP contribution in [0.5, 0.6) is 11.5 Å². The first-order valence-electron chi connectivity index (χ1n) is 7.95. The van der Waals surface area contributed by atoms with Crippen LogP contribution in [0.4, 0.5) is 5.69 Å². The number of rotatable bonds is 5. The van der Waals surface area contributed by atoms with Crippen LogP contribution in [-0.2, 0) is 0 Å². The highest BCUT2D eigenvalue weighted by molar-refractivity contribution is 7.80. The van der Waals surface area contributed by atoms with Gasteiger partial charge in [-0.2, -0.15) is 0 Å². The molecule has 0 atom stereocenters. The number of nitrogens with one attached hydrogen (secondary N) is 2. The Hall–Kier alpha value is -1.49. The fourth-order valence-electron chi connectivity index (χ4n) is 2.98. The third-order valence-corrected chi connectivity index (χ3v) is 4.62. The summed E-state index contributed by atoms with van der Waals surface area (Å²) >= 11 is 5.42. The summed E-state index contributed by atoms with van der Waals surface area (Å²) < 4.78 is 10.5. The molecule has 122 valence electrons. The summed E-state index contributed by atoms with van der Waals surface area (Å²) in [6.07, 6.45) is 6.29. The minimum Gasteiger partial charge on any atom is -0.493 e. The fourth-order valence-corrected chi connectivity index (χ4v) is 3.27. The number of anilines is 1. The van der Waals surface area contributed by atoms with Crippen molar-refractivity contribution < 1.29 is 9.47 Å². The molecule has 0 radical (unpaired) electrons. The predicted octanol–water partition coefficient (Wildman–Crippen LogP) is 3.96. The third kappa shape index (κ3) is 4.50. The summed E-state index contributed by atoms with van der Waals surface area (Å²) in [5.41, 5.74) is 0.900. The van der Waals surface area contributed by atoms with Crippen molar-refractivity contribution in [3.63, 3.8) is 0 Å². The number of benzene rings is 1. The van der Waals surface area contributed by atoms with Crippen LogP contribution >= 0.6 is 12.2 Å². The van der Waals surface area contributed by atoms with Gasteiger partial charge in [0.05, 0.1) is 14.2 Å². The van der Waals surface area contributed by atoms with E-state index < -0.39 is 0 Å². The maximum absolute atomic E-state index is 5.42. The molecule has 4 nitrogen and oxygen atoms in total.